The highest BCUT2D eigenvalue weighted by molar-refractivity contribution is 9.10. The number of nitrogens with one attached hydrogen (secondary N) is 1. The van der Waals surface area contributed by atoms with Gasteiger partial charge in [-0.2, -0.15) is 0 Å². The van der Waals surface area contributed by atoms with Crippen LogP contribution in [0.25, 0.3) is 0 Å². The molecule has 1 aromatic carbocycles. The second-order valence-electron chi connectivity index (χ2n) is 5.14. The molecule has 1 heterocycles. The van der Waals surface area contributed by atoms with Gasteiger partial charge in [0, 0.05) is 22.6 Å². The van der Waals surface area contributed by atoms with Gasteiger partial charge in [0.1, 0.15) is 0 Å². The average molecular weight is 309 g/mol. The van der Waals surface area contributed by atoms with E-state index < -0.39 is 0 Å². The fraction of sp³-hybridized carbons (Fsp3) is 0.533. The molecule has 1 aliphatic heterocycles. The van der Waals surface area contributed by atoms with E-state index in [1.165, 1.54) is 32.4 Å². The first kappa shape index (κ1) is 13.8. The standard InChI is InChI=1S/C15H21BrN2/c1-12(18-9-3-2-4-10-18)11-15(17)13-5-7-14(16)8-6-13/h5-8,12,17H,2-4,9-11H2,1H3. The maximum atomic E-state index is 8.21. The van der Waals surface area contributed by atoms with E-state index in [1.54, 1.807) is 0 Å². The van der Waals surface area contributed by atoms with Crippen LogP contribution in [0.1, 0.15) is 38.2 Å². The quantitative estimate of drug-likeness (QED) is 0.834. The maximum Gasteiger partial charge on any atom is 0.0401 e. The molecule has 1 saturated heterocycles. The zero-order valence-electron chi connectivity index (χ0n) is 11.0. The Kier molecular flexibility index (Phi) is 4.95. The largest absolute Gasteiger partial charge is 0.305 e. The third kappa shape index (κ3) is 3.66. The second-order valence-corrected chi connectivity index (χ2v) is 6.05. The molecule has 3 heteroatoms. The lowest BCUT2D eigenvalue weighted by Crippen LogP contribution is -2.38. The molecule has 18 heavy (non-hydrogen) atoms. The predicted octanol–water partition coefficient (Wildman–Crippen LogP) is 4.08. The van der Waals surface area contributed by atoms with E-state index in [0.717, 1.165) is 22.2 Å². The summed E-state index contributed by atoms with van der Waals surface area (Å²) < 4.78 is 1.07. The lowest BCUT2D eigenvalue weighted by molar-refractivity contribution is 0.177. The van der Waals surface area contributed by atoms with Gasteiger partial charge in [-0.25, -0.2) is 0 Å². The number of likely N-dealkylation sites (tertiary alicyclic amines) is 1. The second kappa shape index (κ2) is 6.48. The van der Waals surface area contributed by atoms with Crippen molar-refractivity contribution in [2.45, 2.75) is 38.6 Å². The minimum absolute atomic E-state index is 0.487. The fourth-order valence-corrected chi connectivity index (χ4v) is 2.82. The first-order valence-corrected chi connectivity index (χ1v) is 7.53. The normalized spacial score (nSPS) is 18.6. The summed E-state index contributed by atoms with van der Waals surface area (Å²) in [6.07, 6.45) is 4.85. The number of piperidine rings is 1. The van der Waals surface area contributed by atoms with E-state index in [0.29, 0.717) is 6.04 Å². The van der Waals surface area contributed by atoms with E-state index >= 15 is 0 Å². The summed E-state index contributed by atoms with van der Waals surface area (Å²) in [6.45, 7) is 4.66. The van der Waals surface area contributed by atoms with Crippen LogP contribution in [0.15, 0.2) is 28.7 Å². The molecule has 2 nitrogen and oxygen atoms in total. The molecule has 1 aromatic rings. The number of hydrogen-bond acceptors (Lipinski definition) is 2. The summed E-state index contributed by atoms with van der Waals surface area (Å²) in [5.74, 6) is 0. The van der Waals surface area contributed by atoms with Gasteiger partial charge in [-0.05, 0) is 50.6 Å². The van der Waals surface area contributed by atoms with Crippen LogP contribution in [0, 0.1) is 5.41 Å². The van der Waals surface area contributed by atoms with E-state index in [4.69, 9.17) is 5.41 Å². The van der Waals surface area contributed by atoms with Gasteiger partial charge in [-0.15, -0.1) is 0 Å². The Morgan fingerprint density at radius 3 is 2.44 bits per heavy atom. The lowest BCUT2D eigenvalue weighted by atomic mass is 10.0. The van der Waals surface area contributed by atoms with Crippen molar-refractivity contribution in [1.29, 1.82) is 5.41 Å². The monoisotopic (exact) mass is 308 g/mol. The molecule has 0 saturated carbocycles. The molecule has 0 radical (unpaired) electrons. The van der Waals surface area contributed by atoms with E-state index in [2.05, 4.69) is 27.8 Å². The Labute approximate surface area is 118 Å². The molecule has 1 unspecified atom stereocenters. The molecule has 2 rings (SSSR count). The Balaban J connectivity index is 1.91. The van der Waals surface area contributed by atoms with Crippen LogP contribution in [0.4, 0.5) is 0 Å². The van der Waals surface area contributed by atoms with Crippen LogP contribution in [-0.2, 0) is 0 Å². The lowest BCUT2D eigenvalue weighted by Gasteiger charge is -2.32. The first-order valence-electron chi connectivity index (χ1n) is 6.74. The van der Waals surface area contributed by atoms with Crippen molar-refractivity contribution in [2.75, 3.05) is 13.1 Å². The van der Waals surface area contributed by atoms with Crippen LogP contribution in [0.2, 0.25) is 0 Å². The van der Waals surface area contributed by atoms with Crippen LogP contribution in [0.3, 0.4) is 0 Å². The van der Waals surface area contributed by atoms with Crippen molar-refractivity contribution in [3.05, 3.63) is 34.3 Å². The maximum absolute atomic E-state index is 8.21. The van der Waals surface area contributed by atoms with Crippen molar-refractivity contribution in [3.63, 3.8) is 0 Å². The minimum atomic E-state index is 0.487. The van der Waals surface area contributed by atoms with Crippen LogP contribution in [0.5, 0.6) is 0 Å². The smallest absolute Gasteiger partial charge is 0.0401 e. The fourth-order valence-electron chi connectivity index (χ4n) is 2.55. The molecular weight excluding hydrogens is 288 g/mol. The van der Waals surface area contributed by atoms with Crippen LogP contribution < -0.4 is 0 Å². The summed E-state index contributed by atoms with van der Waals surface area (Å²) in [5.41, 5.74) is 1.79. The molecule has 0 bridgehead atoms. The molecule has 1 N–H and O–H groups in total. The highest BCUT2D eigenvalue weighted by Gasteiger charge is 2.18. The predicted molar refractivity (Wildman–Crippen MR) is 80.5 cm³/mol. The Morgan fingerprint density at radius 2 is 1.83 bits per heavy atom. The van der Waals surface area contributed by atoms with Gasteiger partial charge in [-0.1, -0.05) is 34.5 Å². The van der Waals surface area contributed by atoms with Gasteiger partial charge < -0.3 is 10.3 Å². The molecule has 1 atom stereocenters. The van der Waals surface area contributed by atoms with Crippen LogP contribution in [-0.4, -0.2) is 29.7 Å². The molecule has 0 aliphatic carbocycles. The molecular formula is C15H21BrN2. The Bertz CT molecular complexity index is 393. The van der Waals surface area contributed by atoms with Gasteiger partial charge >= 0.3 is 0 Å². The van der Waals surface area contributed by atoms with Crippen molar-refractivity contribution in [3.8, 4) is 0 Å². The SMILES string of the molecule is CC(CC(=N)c1ccc(Br)cc1)N1CCCCC1. The average Bonchev–Trinajstić information content (AvgIpc) is 2.40. The van der Waals surface area contributed by atoms with Crippen molar-refractivity contribution in [2.24, 2.45) is 0 Å². The minimum Gasteiger partial charge on any atom is -0.305 e. The van der Waals surface area contributed by atoms with Gasteiger partial charge in [-0.3, -0.25) is 0 Å². The summed E-state index contributed by atoms with van der Waals surface area (Å²) in [5, 5.41) is 8.21. The summed E-state index contributed by atoms with van der Waals surface area (Å²) in [6, 6.07) is 8.55. The number of halogens is 1. The zero-order chi connectivity index (χ0) is 13.0. The molecule has 0 amide bonds. The van der Waals surface area contributed by atoms with E-state index in [1.807, 2.05) is 24.3 Å². The zero-order valence-corrected chi connectivity index (χ0v) is 12.5. The topological polar surface area (TPSA) is 27.1 Å². The van der Waals surface area contributed by atoms with Gasteiger partial charge in [0.15, 0.2) is 0 Å². The van der Waals surface area contributed by atoms with Gasteiger partial charge in [0.25, 0.3) is 0 Å². The third-order valence-corrected chi connectivity index (χ3v) is 4.23. The van der Waals surface area contributed by atoms with Crippen molar-refractivity contribution < 1.29 is 0 Å². The number of benzene rings is 1. The Morgan fingerprint density at radius 1 is 1.22 bits per heavy atom. The van der Waals surface area contributed by atoms with Crippen molar-refractivity contribution >= 4 is 21.6 Å². The first-order chi connectivity index (χ1) is 8.66. The van der Waals surface area contributed by atoms with Crippen molar-refractivity contribution in [1.82, 2.24) is 4.90 Å². The molecule has 1 fully saturated rings. The summed E-state index contributed by atoms with van der Waals surface area (Å²) in [4.78, 5) is 2.52. The highest BCUT2D eigenvalue weighted by Crippen LogP contribution is 2.17. The summed E-state index contributed by atoms with van der Waals surface area (Å²) >= 11 is 3.43. The summed E-state index contributed by atoms with van der Waals surface area (Å²) in [7, 11) is 0. The number of nitrogens with zero attached hydrogens (tertiary/aromatic N) is 1. The molecule has 1 aliphatic rings. The van der Waals surface area contributed by atoms with Gasteiger partial charge in [0.2, 0.25) is 0 Å². The van der Waals surface area contributed by atoms with E-state index in [9.17, 15) is 0 Å². The Hall–Kier alpha value is -0.670. The third-order valence-electron chi connectivity index (χ3n) is 3.71. The van der Waals surface area contributed by atoms with E-state index in [-0.39, 0.29) is 0 Å². The van der Waals surface area contributed by atoms with Gasteiger partial charge in [0.05, 0.1) is 0 Å². The highest BCUT2D eigenvalue weighted by atomic mass is 79.9. The molecule has 0 aromatic heterocycles. The molecule has 0 spiro atoms. The number of rotatable bonds is 4. The molecule has 98 valence electrons. The van der Waals surface area contributed by atoms with Crippen LogP contribution >= 0.6 is 15.9 Å². The number of hydrogen-bond donors (Lipinski definition) is 1.